The molecule has 1 rings (SSSR count). The van der Waals surface area contributed by atoms with Crippen LogP contribution in [0.5, 0.6) is 0 Å². The Bertz CT molecular complexity index is 250. The van der Waals surface area contributed by atoms with Crippen molar-refractivity contribution in [2.45, 2.75) is 25.9 Å². The van der Waals surface area contributed by atoms with Crippen LogP contribution >= 0.6 is 33.9 Å². The van der Waals surface area contributed by atoms with E-state index in [4.69, 9.17) is 5.73 Å². The maximum atomic E-state index is 5.46. The van der Waals surface area contributed by atoms with E-state index in [0.717, 1.165) is 19.5 Å². The molecule has 74 valence electrons. The Morgan fingerprint density at radius 3 is 3.00 bits per heavy atom. The van der Waals surface area contributed by atoms with E-state index in [9.17, 15) is 0 Å². The Hall–Kier alpha value is 0.350. The van der Waals surface area contributed by atoms with Crippen LogP contribution in [0.1, 0.15) is 18.9 Å². The summed E-state index contributed by atoms with van der Waals surface area (Å²) in [6, 6.07) is 2.73. The summed E-state index contributed by atoms with van der Waals surface area (Å²) in [4.78, 5) is 0. The van der Waals surface area contributed by atoms with Crippen LogP contribution in [0.15, 0.2) is 11.4 Å². The first kappa shape index (κ1) is 11.4. The van der Waals surface area contributed by atoms with Crippen LogP contribution in [-0.2, 0) is 6.54 Å². The predicted molar refractivity (Wildman–Crippen MR) is 67.0 cm³/mol. The van der Waals surface area contributed by atoms with Crippen molar-refractivity contribution in [1.82, 2.24) is 5.32 Å². The summed E-state index contributed by atoms with van der Waals surface area (Å²) in [7, 11) is 0. The van der Waals surface area contributed by atoms with Crippen LogP contribution in [0, 0.1) is 2.88 Å². The molecule has 0 fully saturated rings. The summed E-state index contributed by atoms with van der Waals surface area (Å²) in [5.41, 5.74) is 6.84. The van der Waals surface area contributed by atoms with Gasteiger partial charge in [-0.1, -0.05) is 0 Å². The summed E-state index contributed by atoms with van der Waals surface area (Å²) >= 11 is 4.14. The first-order valence-electron chi connectivity index (χ1n) is 4.38. The number of nitrogens with one attached hydrogen (secondary N) is 1. The van der Waals surface area contributed by atoms with Crippen molar-refractivity contribution in [2.24, 2.45) is 5.73 Å². The second-order valence-electron chi connectivity index (χ2n) is 3.12. The van der Waals surface area contributed by atoms with Crippen LogP contribution in [0.25, 0.3) is 0 Å². The van der Waals surface area contributed by atoms with Gasteiger partial charge in [0, 0.05) is 12.6 Å². The molecule has 0 aliphatic heterocycles. The first-order valence-corrected chi connectivity index (χ1v) is 6.34. The van der Waals surface area contributed by atoms with Crippen molar-refractivity contribution < 1.29 is 0 Å². The molecule has 0 spiro atoms. The summed E-state index contributed by atoms with van der Waals surface area (Å²) in [6.45, 7) is 3.89. The monoisotopic (exact) mass is 310 g/mol. The molecule has 0 amide bonds. The molecule has 3 N–H and O–H groups in total. The second kappa shape index (κ2) is 5.95. The van der Waals surface area contributed by atoms with Crippen LogP contribution in [0.2, 0.25) is 0 Å². The average molecular weight is 310 g/mol. The minimum atomic E-state index is 0.516. The first-order chi connectivity index (χ1) is 6.22. The van der Waals surface area contributed by atoms with Gasteiger partial charge in [-0.3, -0.25) is 0 Å². The van der Waals surface area contributed by atoms with Gasteiger partial charge in [0.25, 0.3) is 0 Å². The normalized spacial score (nSPS) is 13.2. The van der Waals surface area contributed by atoms with Gasteiger partial charge in [-0.25, -0.2) is 0 Å². The third-order valence-electron chi connectivity index (χ3n) is 1.88. The molecule has 0 bridgehead atoms. The Morgan fingerprint density at radius 2 is 2.46 bits per heavy atom. The molecule has 0 aliphatic carbocycles. The number of thiophene rings is 1. The molecule has 0 aliphatic rings. The zero-order chi connectivity index (χ0) is 9.68. The topological polar surface area (TPSA) is 38.0 Å². The fourth-order valence-electron chi connectivity index (χ4n) is 1.08. The van der Waals surface area contributed by atoms with Gasteiger partial charge in [0.2, 0.25) is 0 Å². The quantitative estimate of drug-likeness (QED) is 0.818. The van der Waals surface area contributed by atoms with Crippen LogP contribution in [-0.4, -0.2) is 12.6 Å². The van der Waals surface area contributed by atoms with Gasteiger partial charge in [0.1, 0.15) is 0 Å². The van der Waals surface area contributed by atoms with Gasteiger partial charge in [-0.15, -0.1) is 11.3 Å². The lowest BCUT2D eigenvalue weighted by Crippen LogP contribution is -2.27. The van der Waals surface area contributed by atoms with Crippen molar-refractivity contribution >= 4 is 33.9 Å². The van der Waals surface area contributed by atoms with E-state index in [1.165, 1.54) is 8.45 Å². The highest BCUT2D eigenvalue weighted by molar-refractivity contribution is 14.1. The largest absolute Gasteiger partial charge is 0.330 e. The number of halogens is 1. The maximum Gasteiger partial charge on any atom is 0.0656 e. The van der Waals surface area contributed by atoms with Gasteiger partial charge in [0.15, 0.2) is 0 Å². The van der Waals surface area contributed by atoms with E-state index in [1.807, 2.05) is 0 Å². The molecule has 1 aromatic heterocycles. The molecule has 1 unspecified atom stereocenters. The molecular formula is C9H15IN2S. The number of nitrogens with two attached hydrogens (primary N) is 1. The minimum absolute atomic E-state index is 0.516. The van der Waals surface area contributed by atoms with Gasteiger partial charge in [-0.2, -0.15) is 0 Å². The zero-order valence-electron chi connectivity index (χ0n) is 7.72. The lowest BCUT2D eigenvalue weighted by Gasteiger charge is -2.11. The number of hydrogen-bond donors (Lipinski definition) is 2. The molecule has 1 atom stereocenters. The van der Waals surface area contributed by atoms with E-state index in [1.54, 1.807) is 11.3 Å². The highest BCUT2D eigenvalue weighted by Crippen LogP contribution is 2.16. The molecule has 2 nitrogen and oxygen atoms in total. The molecule has 0 aromatic carbocycles. The third kappa shape index (κ3) is 4.39. The molecule has 0 saturated carbocycles. The van der Waals surface area contributed by atoms with Crippen molar-refractivity contribution in [3.8, 4) is 0 Å². The van der Waals surface area contributed by atoms with E-state index < -0.39 is 0 Å². The Morgan fingerprint density at radius 1 is 1.69 bits per heavy atom. The highest BCUT2D eigenvalue weighted by atomic mass is 127. The SMILES string of the molecule is CC(CCN)NCc1csc(I)c1. The maximum absolute atomic E-state index is 5.46. The Kier molecular flexibility index (Phi) is 5.23. The van der Waals surface area contributed by atoms with Gasteiger partial charge >= 0.3 is 0 Å². The van der Waals surface area contributed by atoms with Crippen LogP contribution < -0.4 is 11.1 Å². The van der Waals surface area contributed by atoms with Crippen molar-refractivity contribution in [1.29, 1.82) is 0 Å². The number of hydrogen-bond acceptors (Lipinski definition) is 3. The van der Waals surface area contributed by atoms with Gasteiger partial charge < -0.3 is 11.1 Å². The molecular weight excluding hydrogens is 295 g/mol. The molecule has 4 heteroatoms. The fourth-order valence-corrected chi connectivity index (χ4v) is 2.50. The third-order valence-corrected chi connectivity index (χ3v) is 3.71. The minimum Gasteiger partial charge on any atom is -0.330 e. The smallest absolute Gasteiger partial charge is 0.0656 e. The summed E-state index contributed by atoms with van der Waals surface area (Å²) < 4.78 is 1.35. The van der Waals surface area contributed by atoms with Gasteiger partial charge in [-0.05, 0) is 59.5 Å². The summed E-state index contributed by atoms with van der Waals surface area (Å²) in [5, 5.41) is 5.63. The molecule has 0 radical (unpaired) electrons. The second-order valence-corrected chi connectivity index (χ2v) is 5.92. The molecule has 0 saturated heterocycles. The van der Waals surface area contributed by atoms with E-state index in [2.05, 4.69) is 46.3 Å². The lowest BCUT2D eigenvalue weighted by atomic mass is 10.2. The number of rotatable bonds is 5. The van der Waals surface area contributed by atoms with E-state index in [-0.39, 0.29) is 0 Å². The van der Waals surface area contributed by atoms with Crippen molar-refractivity contribution in [3.63, 3.8) is 0 Å². The van der Waals surface area contributed by atoms with Crippen molar-refractivity contribution in [2.75, 3.05) is 6.54 Å². The Balaban J connectivity index is 2.26. The molecule has 1 heterocycles. The van der Waals surface area contributed by atoms with E-state index >= 15 is 0 Å². The lowest BCUT2D eigenvalue weighted by molar-refractivity contribution is 0.520. The molecule has 1 aromatic rings. The molecule has 13 heavy (non-hydrogen) atoms. The summed E-state index contributed by atoms with van der Waals surface area (Å²) in [5.74, 6) is 0. The summed E-state index contributed by atoms with van der Waals surface area (Å²) in [6.07, 6.45) is 1.04. The van der Waals surface area contributed by atoms with Crippen LogP contribution in [0.3, 0.4) is 0 Å². The zero-order valence-corrected chi connectivity index (χ0v) is 10.7. The van der Waals surface area contributed by atoms with E-state index in [0.29, 0.717) is 6.04 Å². The predicted octanol–water partition coefficient (Wildman–Crippen LogP) is 2.18. The average Bonchev–Trinajstić information content (AvgIpc) is 2.49. The van der Waals surface area contributed by atoms with Crippen molar-refractivity contribution in [3.05, 3.63) is 19.9 Å². The van der Waals surface area contributed by atoms with Gasteiger partial charge in [0.05, 0.1) is 2.88 Å². The fraction of sp³-hybridized carbons (Fsp3) is 0.556. The Labute approximate surface area is 97.0 Å². The van der Waals surface area contributed by atoms with Crippen LogP contribution in [0.4, 0.5) is 0 Å². The standard InChI is InChI=1S/C9H15IN2S/c1-7(2-3-11)12-5-8-4-9(10)13-6-8/h4,6-7,12H,2-3,5,11H2,1H3. The highest BCUT2D eigenvalue weighted by Gasteiger charge is 2.01.